The average molecular weight is 152 g/mol. The van der Waals surface area contributed by atoms with Crippen LogP contribution in [0.3, 0.4) is 0 Å². The molecular weight excluding hydrogens is 140 g/mol. The molecule has 0 aliphatic rings. The lowest BCUT2D eigenvalue weighted by atomic mass is 9.96. The molecule has 60 valence electrons. The van der Waals surface area contributed by atoms with E-state index in [4.69, 9.17) is 5.73 Å². The number of aromatic nitrogens is 1. The zero-order valence-corrected chi connectivity index (χ0v) is 6.72. The predicted octanol–water partition coefficient (Wildman–Crippen LogP) is 0.935. The Morgan fingerprint density at radius 1 is 1.64 bits per heavy atom. The molecule has 11 heavy (non-hydrogen) atoms. The summed E-state index contributed by atoms with van der Waals surface area (Å²) >= 11 is 0. The number of hydrogen-bond donors (Lipinski definition) is 2. The number of rotatable bonds is 2. The van der Waals surface area contributed by atoms with Crippen molar-refractivity contribution in [1.82, 2.24) is 4.98 Å². The van der Waals surface area contributed by atoms with Crippen LogP contribution < -0.4 is 5.73 Å². The van der Waals surface area contributed by atoms with Crippen molar-refractivity contribution in [3.05, 3.63) is 24.0 Å². The van der Waals surface area contributed by atoms with Gasteiger partial charge in [-0.2, -0.15) is 0 Å². The lowest BCUT2D eigenvalue weighted by Crippen LogP contribution is -2.41. The van der Waals surface area contributed by atoms with Crippen molar-refractivity contribution in [2.75, 3.05) is 0 Å². The first-order valence-electron chi connectivity index (χ1n) is 3.48. The Bertz CT molecular complexity index is 244. The van der Waals surface area contributed by atoms with Crippen LogP contribution in [-0.4, -0.2) is 16.3 Å². The molecule has 3 heteroatoms. The Morgan fingerprint density at radius 2 is 2.27 bits per heavy atom. The molecule has 0 unspecified atom stereocenters. The maximum absolute atomic E-state index is 11.4. The van der Waals surface area contributed by atoms with Crippen LogP contribution in [0.15, 0.2) is 18.5 Å². The molecule has 0 saturated heterocycles. The summed E-state index contributed by atoms with van der Waals surface area (Å²) in [6, 6.07) is 1.72. The van der Waals surface area contributed by atoms with Crippen molar-refractivity contribution in [1.29, 1.82) is 0 Å². The minimum atomic E-state index is -0.776. The Labute approximate surface area is 65.6 Å². The van der Waals surface area contributed by atoms with Gasteiger partial charge in [-0.05, 0) is 19.9 Å². The molecule has 0 aliphatic carbocycles. The Kier molecular flexibility index (Phi) is 1.83. The monoisotopic (exact) mass is 152 g/mol. The molecule has 3 N–H and O–H groups in total. The zero-order chi connectivity index (χ0) is 8.48. The van der Waals surface area contributed by atoms with E-state index in [1.807, 2.05) is 0 Å². The van der Waals surface area contributed by atoms with Gasteiger partial charge >= 0.3 is 0 Å². The molecule has 1 aromatic heterocycles. The maximum atomic E-state index is 11.4. The summed E-state index contributed by atoms with van der Waals surface area (Å²) < 4.78 is 0. The number of H-pyrrole nitrogens is 1. The van der Waals surface area contributed by atoms with Crippen LogP contribution in [-0.2, 0) is 0 Å². The van der Waals surface area contributed by atoms with Gasteiger partial charge in [0.05, 0.1) is 5.54 Å². The van der Waals surface area contributed by atoms with E-state index in [0.717, 1.165) is 0 Å². The first kappa shape index (κ1) is 8.01. The smallest absolute Gasteiger partial charge is 0.183 e. The van der Waals surface area contributed by atoms with Gasteiger partial charge in [-0.15, -0.1) is 0 Å². The van der Waals surface area contributed by atoms with Gasteiger partial charge in [0.2, 0.25) is 0 Å². The van der Waals surface area contributed by atoms with Gasteiger partial charge in [0.1, 0.15) is 0 Å². The van der Waals surface area contributed by atoms with Crippen LogP contribution in [0.2, 0.25) is 0 Å². The normalized spacial score (nSPS) is 11.5. The predicted molar refractivity (Wildman–Crippen MR) is 43.4 cm³/mol. The minimum absolute atomic E-state index is 0.0428. The van der Waals surface area contributed by atoms with Gasteiger partial charge in [0, 0.05) is 18.0 Å². The molecule has 0 bridgehead atoms. The number of carbonyl (C=O) groups excluding carboxylic acids is 1. The average Bonchev–Trinajstić information content (AvgIpc) is 2.34. The number of nitrogens with two attached hydrogens (primary N) is 1. The lowest BCUT2D eigenvalue weighted by Gasteiger charge is -2.14. The molecule has 0 amide bonds. The van der Waals surface area contributed by atoms with Crippen LogP contribution in [0.1, 0.15) is 24.2 Å². The van der Waals surface area contributed by atoms with Crippen molar-refractivity contribution >= 4 is 5.78 Å². The first-order valence-corrected chi connectivity index (χ1v) is 3.48. The van der Waals surface area contributed by atoms with Crippen molar-refractivity contribution in [3.63, 3.8) is 0 Å². The second kappa shape index (κ2) is 2.51. The molecular formula is C8H12N2O. The third kappa shape index (κ3) is 1.68. The first-order chi connectivity index (χ1) is 5.02. The van der Waals surface area contributed by atoms with Gasteiger partial charge in [-0.3, -0.25) is 4.79 Å². The number of aromatic amines is 1. The van der Waals surface area contributed by atoms with E-state index in [1.165, 1.54) is 0 Å². The second-order valence-corrected chi connectivity index (χ2v) is 3.15. The van der Waals surface area contributed by atoms with Crippen molar-refractivity contribution in [2.45, 2.75) is 19.4 Å². The maximum Gasteiger partial charge on any atom is 0.183 e. The molecule has 0 spiro atoms. The molecule has 0 radical (unpaired) electrons. The highest BCUT2D eigenvalue weighted by Crippen LogP contribution is 2.08. The van der Waals surface area contributed by atoms with E-state index in [9.17, 15) is 4.79 Å². The SMILES string of the molecule is CC(C)(N)C(=O)c1cc[nH]c1. The van der Waals surface area contributed by atoms with Crippen molar-refractivity contribution in [3.8, 4) is 0 Å². The third-order valence-electron chi connectivity index (χ3n) is 1.45. The minimum Gasteiger partial charge on any atom is -0.367 e. The summed E-state index contributed by atoms with van der Waals surface area (Å²) in [4.78, 5) is 14.2. The highest BCUT2D eigenvalue weighted by Gasteiger charge is 2.23. The van der Waals surface area contributed by atoms with Crippen LogP contribution in [0.25, 0.3) is 0 Å². The van der Waals surface area contributed by atoms with Crippen LogP contribution in [0.4, 0.5) is 0 Å². The molecule has 0 aromatic carbocycles. The van der Waals surface area contributed by atoms with E-state index in [-0.39, 0.29) is 5.78 Å². The van der Waals surface area contributed by atoms with Crippen LogP contribution in [0, 0.1) is 0 Å². The van der Waals surface area contributed by atoms with E-state index >= 15 is 0 Å². The number of Topliss-reactive ketones (excluding diaryl/α,β-unsaturated/α-hetero) is 1. The Hall–Kier alpha value is -1.09. The number of carbonyl (C=O) groups is 1. The van der Waals surface area contributed by atoms with E-state index < -0.39 is 5.54 Å². The summed E-state index contributed by atoms with van der Waals surface area (Å²) in [5.41, 5.74) is 5.47. The topological polar surface area (TPSA) is 58.9 Å². The largest absolute Gasteiger partial charge is 0.367 e. The number of ketones is 1. The summed E-state index contributed by atoms with van der Waals surface area (Å²) in [6.45, 7) is 3.39. The summed E-state index contributed by atoms with van der Waals surface area (Å²) in [5.74, 6) is -0.0428. The highest BCUT2D eigenvalue weighted by atomic mass is 16.1. The molecule has 0 saturated carbocycles. The fourth-order valence-electron chi connectivity index (χ4n) is 0.837. The number of hydrogen-bond acceptors (Lipinski definition) is 2. The van der Waals surface area contributed by atoms with E-state index in [1.54, 1.807) is 32.3 Å². The van der Waals surface area contributed by atoms with Gasteiger partial charge < -0.3 is 10.7 Å². The fraction of sp³-hybridized carbons (Fsp3) is 0.375. The second-order valence-electron chi connectivity index (χ2n) is 3.15. The van der Waals surface area contributed by atoms with Gasteiger partial charge in [0.15, 0.2) is 5.78 Å². The quantitative estimate of drug-likeness (QED) is 0.619. The Morgan fingerprint density at radius 3 is 2.64 bits per heavy atom. The molecule has 0 atom stereocenters. The van der Waals surface area contributed by atoms with E-state index in [2.05, 4.69) is 4.98 Å². The number of nitrogens with one attached hydrogen (secondary N) is 1. The van der Waals surface area contributed by atoms with Crippen LogP contribution >= 0.6 is 0 Å². The molecule has 0 fully saturated rings. The molecule has 1 aromatic rings. The molecule has 3 nitrogen and oxygen atoms in total. The standard InChI is InChI=1S/C8H12N2O/c1-8(2,9)7(11)6-3-4-10-5-6/h3-5,10H,9H2,1-2H3. The van der Waals surface area contributed by atoms with Crippen LogP contribution in [0.5, 0.6) is 0 Å². The van der Waals surface area contributed by atoms with E-state index in [0.29, 0.717) is 5.56 Å². The molecule has 0 aliphatic heterocycles. The third-order valence-corrected chi connectivity index (χ3v) is 1.45. The highest BCUT2D eigenvalue weighted by molar-refractivity contribution is 6.02. The van der Waals surface area contributed by atoms with Gasteiger partial charge in [0.25, 0.3) is 0 Å². The molecule has 1 rings (SSSR count). The van der Waals surface area contributed by atoms with Gasteiger partial charge in [-0.25, -0.2) is 0 Å². The summed E-state index contributed by atoms with van der Waals surface area (Å²) in [6.07, 6.45) is 3.36. The molecule has 1 heterocycles. The summed E-state index contributed by atoms with van der Waals surface area (Å²) in [7, 11) is 0. The van der Waals surface area contributed by atoms with Crippen molar-refractivity contribution in [2.24, 2.45) is 5.73 Å². The van der Waals surface area contributed by atoms with Gasteiger partial charge in [-0.1, -0.05) is 0 Å². The lowest BCUT2D eigenvalue weighted by molar-refractivity contribution is 0.0914. The van der Waals surface area contributed by atoms with Crippen molar-refractivity contribution < 1.29 is 4.79 Å². The summed E-state index contributed by atoms with van der Waals surface area (Å²) in [5, 5.41) is 0. The Balaban J connectivity index is 2.88. The fourth-order valence-corrected chi connectivity index (χ4v) is 0.837. The zero-order valence-electron chi connectivity index (χ0n) is 6.72.